The smallest absolute Gasteiger partial charge is 0.0506 e. The summed E-state index contributed by atoms with van der Waals surface area (Å²) in [6.07, 6.45) is 13.7. The number of piperidine rings is 2. The molecule has 212 valence electrons. The SMILES string of the molecule is C1=Cc2ccccc2C(=C2CCN(CN3CCC(=C4c5ccccc5C=Cc5ccccc54)CC3)CC2)c2ccccc21. The Bertz CT molecular complexity index is 1560. The van der Waals surface area contributed by atoms with Gasteiger partial charge >= 0.3 is 0 Å². The van der Waals surface area contributed by atoms with Crippen molar-refractivity contribution in [1.82, 2.24) is 9.80 Å². The lowest BCUT2D eigenvalue weighted by molar-refractivity contribution is 0.117. The third-order valence-electron chi connectivity index (χ3n) is 9.83. The molecule has 4 aromatic carbocycles. The van der Waals surface area contributed by atoms with Crippen LogP contribution in [0.3, 0.4) is 0 Å². The Morgan fingerprint density at radius 1 is 0.372 bits per heavy atom. The van der Waals surface area contributed by atoms with Gasteiger partial charge in [0, 0.05) is 26.2 Å². The summed E-state index contributed by atoms with van der Waals surface area (Å²) in [5.41, 5.74) is 17.1. The number of rotatable bonds is 2. The van der Waals surface area contributed by atoms with E-state index in [1.54, 1.807) is 11.1 Å². The average Bonchev–Trinajstić information content (AvgIpc) is 3.34. The van der Waals surface area contributed by atoms with Gasteiger partial charge in [-0.05, 0) is 81.3 Å². The van der Waals surface area contributed by atoms with Crippen LogP contribution in [0.5, 0.6) is 0 Å². The van der Waals surface area contributed by atoms with E-state index >= 15 is 0 Å². The molecule has 0 N–H and O–H groups in total. The van der Waals surface area contributed by atoms with Crippen LogP contribution in [-0.2, 0) is 0 Å². The molecule has 2 saturated heterocycles. The maximum Gasteiger partial charge on any atom is 0.0506 e. The molecule has 0 bridgehead atoms. The lowest BCUT2D eigenvalue weighted by Crippen LogP contribution is -2.43. The highest BCUT2D eigenvalue weighted by atomic mass is 15.3. The van der Waals surface area contributed by atoms with E-state index in [0.29, 0.717) is 0 Å². The van der Waals surface area contributed by atoms with E-state index in [1.165, 1.54) is 55.7 Å². The fourth-order valence-electron chi connectivity index (χ4n) is 7.60. The van der Waals surface area contributed by atoms with Crippen molar-refractivity contribution in [2.24, 2.45) is 0 Å². The quantitative estimate of drug-likeness (QED) is 0.209. The highest BCUT2D eigenvalue weighted by molar-refractivity contribution is 5.96. The summed E-state index contributed by atoms with van der Waals surface area (Å²) in [5.74, 6) is 0. The fourth-order valence-corrected chi connectivity index (χ4v) is 7.60. The van der Waals surface area contributed by atoms with Crippen LogP contribution in [-0.4, -0.2) is 42.6 Å². The molecule has 43 heavy (non-hydrogen) atoms. The van der Waals surface area contributed by atoms with E-state index in [0.717, 1.165) is 58.5 Å². The maximum atomic E-state index is 2.69. The Labute approximate surface area is 256 Å². The van der Waals surface area contributed by atoms with Crippen molar-refractivity contribution in [2.45, 2.75) is 25.7 Å². The number of benzene rings is 4. The van der Waals surface area contributed by atoms with Crippen molar-refractivity contribution >= 4 is 35.5 Å². The van der Waals surface area contributed by atoms with Crippen LogP contribution < -0.4 is 0 Å². The molecule has 2 heterocycles. The van der Waals surface area contributed by atoms with E-state index in [2.05, 4.69) is 131 Å². The number of nitrogens with zero attached hydrogens (tertiary/aromatic N) is 2. The zero-order chi connectivity index (χ0) is 28.6. The summed E-state index contributed by atoms with van der Waals surface area (Å²) in [7, 11) is 0. The van der Waals surface area contributed by atoms with Gasteiger partial charge in [-0.2, -0.15) is 0 Å². The lowest BCUT2D eigenvalue weighted by atomic mass is 9.86. The first-order valence-corrected chi connectivity index (χ1v) is 15.9. The molecule has 0 radical (unpaired) electrons. The second-order valence-electron chi connectivity index (χ2n) is 12.4. The van der Waals surface area contributed by atoms with Crippen molar-refractivity contribution in [3.63, 3.8) is 0 Å². The number of hydrogen-bond acceptors (Lipinski definition) is 2. The van der Waals surface area contributed by atoms with Gasteiger partial charge in [0.05, 0.1) is 6.67 Å². The second-order valence-corrected chi connectivity index (χ2v) is 12.4. The molecule has 4 aliphatic rings. The molecular formula is C41H38N2. The zero-order valence-corrected chi connectivity index (χ0v) is 24.8. The zero-order valence-electron chi connectivity index (χ0n) is 24.8. The molecule has 0 amide bonds. The third-order valence-corrected chi connectivity index (χ3v) is 9.83. The van der Waals surface area contributed by atoms with Gasteiger partial charge in [-0.25, -0.2) is 0 Å². The van der Waals surface area contributed by atoms with E-state index in [4.69, 9.17) is 0 Å². The molecule has 0 spiro atoms. The molecule has 2 aliphatic heterocycles. The Morgan fingerprint density at radius 3 is 0.953 bits per heavy atom. The predicted octanol–water partition coefficient (Wildman–Crippen LogP) is 9.11. The van der Waals surface area contributed by atoms with Crippen LogP contribution in [0.2, 0.25) is 0 Å². The minimum absolute atomic E-state index is 1.08. The van der Waals surface area contributed by atoms with Crippen LogP contribution in [0.15, 0.2) is 108 Å². The number of hydrogen-bond donors (Lipinski definition) is 0. The average molecular weight is 559 g/mol. The molecule has 2 fully saturated rings. The molecule has 2 aliphatic carbocycles. The van der Waals surface area contributed by atoms with Gasteiger partial charge in [0.2, 0.25) is 0 Å². The van der Waals surface area contributed by atoms with Gasteiger partial charge in [-0.1, -0.05) is 133 Å². The molecule has 0 unspecified atom stereocenters. The minimum atomic E-state index is 1.08. The number of fused-ring (bicyclic) bond motifs is 4. The first-order valence-electron chi connectivity index (χ1n) is 15.9. The van der Waals surface area contributed by atoms with Gasteiger partial charge in [0.1, 0.15) is 0 Å². The van der Waals surface area contributed by atoms with Crippen LogP contribution in [0.1, 0.15) is 70.2 Å². The lowest BCUT2D eigenvalue weighted by Gasteiger charge is -2.37. The van der Waals surface area contributed by atoms with E-state index in [-0.39, 0.29) is 0 Å². The number of likely N-dealkylation sites (tertiary alicyclic amines) is 2. The molecule has 2 heteroatoms. The molecule has 8 rings (SSSR count). The molecule has 0 atom stereocenters. The fraction of sp³-hybridized carbons (Fsp3) is 0.220. The van der Waals surface area contributed by atoms with E-state index in [1.807, 2.05) is 0 Å². The largest absolute Gasteiger partial charge is 0.290 e. The third kappa shape index (κ3) is 5.05. The van der Waals surface area contributed by atoms with E-state index < -0.39 is 0 Å². The summed E-state index contributed by atoms with van der Waals surface area (Å²) in [4.78, 5) is 5.38. The van der Waals surface area contributed by atoms with Crippen LogP contribution >= 0.6 is 0 Å². The van der Waals surface area contributed by atoms with Gasteiger partial charge in [0.15, 0.2) is 0 Å². The summed E-state index contributed by atoms with van der Waals surface area (Å²) in [6.45, 7) is 5.61. The molecular weight excluding hydrogens is 520 g/mol. The van der Waals surface area contributed by atoms with Crippen molar-refractivity contribution in [2.75, 3.05) is 32.8 Å². The van der Waals surface area contributed by atoms with Gasteiger partial charge in [-0.15, -0.1) is 0 Å². The van der Waals surface area contributed by atoms with Crippen LogP contribution in [0.25, 0.3) is 35.5 Å². The Kier molecular flexibility index (Phi) is 7.03. The first kappa shape index (κ1) is 26.4. The highest BCUT2D eigenvalue weighted by Gasteiger charge is 2.26. The highest BCUT2D eigenvalue weighted by Crippen LogP contribution is 2.40. The summed E-state index contributed by atoms with van der Waals surface area (Å²) in [5, 5.41) is 0. The van der Waals surface area contributed by atoms with Crippen molar-refractivity contribution in [1.29, 1.82) is 0 Å². The topological polar surface area (TPSA) is 6.48 Å². The second kappa shape index (κ2) is 11.4. The van der Waals surface area contributed by atoms with Crippen LogP contribution in [0, 0.1) is 0 Å². The Balaban J connectivity index is 0.993. The monoisotopic (exact) mass is 558 g/mol. The summed E-state index contributed by atoms with van der Waals surface area (Å²) >= 11 is 0. The minimum Gasteiger partial charge on any atom is -0.290 e. The first-order chi connectivity index (χ1) is 21.3. The summed E-state index contributed by atoms with van der Waals surface area (Å²) < 4.78 is 0. The Hall–Kier alpha value is -4.24. The van der Waals surface area contributed by atoms with Crippen molar-refractivity contribution in [3.8, 4) is 0 Å². The van der Waals surface area contributed by atoms with Gasteiger partial charge in [-0.3, -0.25) is 9.80 Å². The maximum absolute atomic E-state index is 2.69. The van der Waals surface area contributed by atoms with Gasteiger partial charge < -0.3 is 0 Å². The van der Waals surface area contributed by atoms with Crippen molar-refractivity contribution in [3.05, 3.63) is 153 Å². The Morgan fingerprint density at radius 2 is 0.651 bits per heavy atom. The van der Waals surface area contributed by atoms with Crippen molar-refractivity contribution < 1.29 is 0 Å². The molecule has 2 nitrogen and oxygen atoms in total. The summed E-state index contributed by atoms with van der Waals surface area (Å²) in [6, 6.07) is 35.7. The predicted molar refractivity (Wildman–Crippen MR) is 182 cm³/mol. The standard InChI is InChI=1S/C41H38N2/c1-5-13-36-30(9-1)17-18-31-10-2-6-14-37(31)40(36)34-21-25-42(26-22-34)29-43-27-23-35(24-28-43)41-38-15-7-3-11-32(38)19-20-33-12-4-8-16-39(33)41/h1-20H,21-29H2. The molecule has 0 saturated carbocycles. The molecule has 0 aromatic heterocycles. The normalized spacial score (nSPS) is 18.4. The van der Waals surface area contributed by atoms with E-state index in [9.17, 15) is 0 Å². The van der Waals surface area contributed by atoms with Crippen LogP contribution in [0.4, 0.5) is 0 Å². The molecule has 4 aromatic rings. The van der Waals surface area contributed by atoms with Gasteiger partial charge in [0.25, 0.3) is 0 Å².